The van der Waals surface area contributed by atoms with Gasteiger partial charge in [-0.1, -0.05) is 0 Å². The first-order chi connectivity index (χ1) is 7.88. The molecular weight excluding hydrogens is 196 g/mol. The van der Waals surface area contributed by atoms with Crippen molar-refractivity contribution < 1.29 is 0 Å². The second-order valence-electron chi connectivity index (χ2n) is 6.34. The Labute approximate surface area is 97.2 Å². The normalized spacial score (nSPS) is 50.0. The van der Waals surface area contributed by atoms with Crippen LogP contribution in [0.4, 0.5) is 0 Å². The largest absolute Gasteiger partial charge is 0.160 e. The van der Waals surface area contributed by atoms with Gasteiger partial charge in [-0.2, -0.15) is 10.2 Å². The Morgan fingerprint density at radius 3 is 1.50 bits per heavy atom. The van der Waals surface area contributed by atoms with Crippen LogP contribution in [0.2, 0.25) is 0 Å². The predicted octanol–water partition coefficient (Wildman–Crippen LogP) is 3.42. The first-order valence-electron chi connectivity index (χ1n) is 7.01. The van der Waals surface area contributed by atoms with Gasteiger partial charge in [-0.25, -0.2) is 0 Å². The maximum absolute atomic E-state index is 4.61. The van der Waals surface area contributed by atoms with E-state index in [1.165, 1.54) is 62.8 Å². The molecule has 0 aromatic rings. The molecule has 4 atom stereocenters. The first kappa shape index (κ1) is 9.38. The standard InChI is InChI=1S/C14H20N2/c1-3-11-5-9(1)7-13(11)15-16-14-8-10-2-4-12(14)6-10/h9-12H,1-8H2/b15-13+,16-14?. The molecule has 0 aromatic carbocycles. The molecule has 2 heteroatoms. The number of rotatable bonds is 1. The fourth-order valence-electron chi connectivity index (χ4n) is 4.42. The van der Waals surface area contributed by atoms with E-state index < -0.39 is 0 Å². The van der Waals surface area contributed by atoms with E-state index in [0.29, 0.717) is 0 Å². The van der Waals surface area contributed by atoms with Crippen molar-refractivity contribution in [2.24, 2.45) is 33.9 Å². The molecule has 0 N–H and O–H groups in total. The van der Waals surface area contributed by atoms with Crippen LogP contribution < -0.4 is 0 Å². The van der Waals surface area contributed by atoms with Crippen molar-refractivity contribution in [3.8, 4) is 0 Å². The van der Waals surface area contributed by atoms with Crippen LogP contribution in [0.25, 0.3) is 0 Å². The summed E-state index contributed by atoms with van der Waals surface area (Å²) in [4.78, 5) is 0. The maximum Gasteiger partial charge on any atom is 0.0439 e. The molecule has 86 valence electrons. The lowest BCUT2D eigenvalue weighted by Crippen LogP contribution is -2.11. The van der Waals surface area contributed by atoms with E-state index in [1.54, 1.807) is 0 Å². The molecule has 0 amide bonds. The number of fused-ring (bicyclic) bond motifs is 4. The molecule has 4 saturated carbocycles. The van der Waals surface area contributed by atoms with Crippen LogP contribution in [0.15, 0.2) is 10.2 Å². The Balaban J connectivity index is 1.52. The van der Waals surface area contributed by atoms with Crippen LogP contribution >= 0.6 is 0 Å². The summed E-state index contributed by atoms with van der Waals surface area (Å²) in [6, 6.07) is 0. The molecular formula is C14H20N2. The fraction of sp³-hybridized carbons (Fsp3) is 0.857. The van der Waals surface area contributed by atoms with Crippen LogP contribution in [0, 0.1) is 23.7 Å². The molecule has 4 aliphatic carbocycles. The monoisotopic (exact) mass is 216 g/mol. The lowest BCUT2D eigenvalue weighted by atomic mass is 9.98. The van der Waals surface area contributed by atoms with E-state index in [0.717, 1.165) is 23.7 Å². The molecule has 0 radical (unpaired) electrons. The summed E-state index contributed by atoms with van der Waals surface area (Å²) in [5.41, 5.74) is 2.87. The summed E-state index contributed by atoms with van der Waals surface area (Å²) in [6.45, 7) is 0. The minimum atomic E-state index is 0.813. The highest BCUT2D eigenvalue weighted by Crippen LogP contribution is 2.44. The molecule has 4 unspecified atom stereocenters. The highest BCUT2D eigenvalue weighted by Gasteiger charge is 2.38. The number of hydrogen-bond donors (Lipinski definition) is 0. The van der Waals surface area contributed by atoms with Crippen molar-refractivity contribution in [2.45, 2.75) is 51.4 Å². The van der Waals surface area contributed by atoms with Gasteiger partial charge < -0.3 is 0 Å². The van der Waals surface area contributed by atoms with Crippen molar-refractivity contribution >= 4 is 11.4 Å². The maximum atomic E-state index is 4.61. The first-order valence-corrected chi connectivity index (χ1v) is 7.01. The highest BCUT2D eigenvalue weighted by atomic mass is 15.2. The third-order valence-corrected chi connectivity index (χ3v) is 5.33. The van der Waals surface area contributed by atoms with Gasteiger partial charge in [-0.15, -0.1) is 0 Å². The molecule has 0 aromatic heterocycles. The Hall–Kier alpha value is -0.660. The van der Waals surface area contributed by atoms with Crippen LogP contribution in [0.5, 0.6) is 0 Å². The van der Waals surface area contributed by atoms with Crippen LogP contribution in [0.3, 0.4) is 0 Å². The molecule has 16 heavy (non-hydrogen) atoms. The van der Waals surface area contributed by atoms with Gasteiger partial charge in [-0.05, 0) is 75.0 Å². The van der Waals surface area contributed by atoms with Crippen molar-refractivity contribution in [3.05, 3.63) is 0 Å². The van der Waals surface area contributed by atoms with Gasteiger partial charge in [-0.3, -0.25) is 0 Å². The molecule has 4 bridgehead atoms. The summed E-state index contributed by atoms with van der Waals surface area (Å²) < 4.78 is 0. The van der Waals surface area contributed by atoms with Gasteiger partial charge in [0.2, 0.25) is 0 Å². The predicted molar refractivity (Wildman–Crippen MR) is 65.8 cm³/mol. The van der Waals surface area contributed by atoms with Gasteiger partial charge in [0.1, 0.15) is 0 Å². The van der Waals surface area contributed by atoms with E-state index >= 15 is 0 Å². The molecule has 0 heterocycles. The van der Waals surface area contributed by atoms with Gasteiger partial charge in [0.15, 0.2) is 0 Å². The average Bonchev–Trinajstić information content (AvgIpc) is 3.05. The van der Waals surface area contributed by atoms with E-state index in [2.05, 4.69) is 10.2 Å². The fourth-order valence-corrected chi connectivity index (χ4v) is 4.42. The zero-order valence-electron chi connectivity index (χ0n) is 9.86. The van der Waals surface area contributed by atoms with Gasteiger partial charge in [0, 0.05) is 11.4 Å². The molecule has 2 nitrogen and oxygen atoms in total. The third kappa shape index (κ3) is 1.38. The minimum absolute atomic E-state index is 0.813. The summed E-state index contributed by atoms with van der Waals surface area (Å²) in [7, 11) is 0. The van der Waals surface area contributed by atoms with Crippen molar-refractivity contribution in [1.29, 1.82) is 0 Å². The van der Waals surface area contributed by atoms with Crippen LogP contribution in [0.1, 0.15) is 51.4 Å². The van der Waals surface area contributed by atoms with Crippen molar-refractivity contribution in [3.63, 3.8) is 0 Å². The zero-order chi connectivity index (χ0) is 10.5. The third-order valence-electron chi connectivity index (χ3n) is 5.33. The van der Waals surface area contributed by atoms with Crippen molar-refractivity contribution in [2.75, 3.05) is 0 Å². The summed E-state index contributed by atoms with van der Waals surface area (Å²) >= 11 is 0. The molecule has 4 aliphatic rings. The van der Waals surface area contributed by atoms with Gasteiger partial charge in [0.05, 0.1) is 0 Å². The minimum Gasteiger partial charge on any atom is -0.160 e. The molecule has 4 fully saturated rings. The number of nitrogens with zero attached hydrogens (tertiary/aromatic N) is 2. The SMILES string of the molecule is C1CC2CC1CC2=N/N=C1\CC2CCC1C2. The molecule has 4 rings (SSSR count). The zero-order valence-corrected chi connectivity index (χ0v) is 9.86. The summed E-state index contributed by atoms with van der Waals surface area (Å²) in [5, 5.41) is 9.22. The quantitative estimate of drug-likeness (QED) is 0.600. The molecule has 0 saturated heterocycles. The Bertz CT molecular complexity index is 333. The van der Waals surface area contributed by atoms with Crippen LogP contribution in [-0.4, -0.2) is 11.4 Å². The second kappa shape index (κ2) is 3.41. The molecule has 0 aliphatic heterocycles. The second-order valence-corrected chi connectivity index (χ2v) is 6.34. The summed E-state index contributed by atoms with van der Waals surface area (Å²) in [5.74, 6) is 3.55. The van der Waals surface area contributed by atoms with Gasteiger partial charge >= 0.3 is 0 Å². The van der Waals surface area contributed by atoms with Gasteiger partial charge in [0.25, 0.3) is 0 Å². The average molecular weight is 216 g/mol. The highest BCUT2D eigenvalue weighted by molar-refractivity contribution is 5.93. The van der Waals surface area contributed by atoms with Crippen LogP contribution in [-0.2, 0) is 0 Å². The van der Waals surface area contributed by atoms with E-state index in [1.807, 2.05) is 0 Å². The van der Waals surface area contributed by atoms with E-state index in [9.17, 15) is 0 Å². The topological polar surface area (TPSA) is 24.7 Å². The Morgan fingerprint density at radius 2 is 1.19 bits per heavy atom. The summed E-state index contributed by atoms with van der Waals surface area (Å²) in [6.07, 6.45) is 11.0. The number of hydrogen-bond acceptors (Lipinski definition) is 2. The van der Waals surface area contributed by atoms with E-state index in [4.69, 9.17) is 0 Å². The lowest BCUT2D eigenvalue weighted by molar-refractivity contribution is 0.589. The smallest absolute Gasteiger partial charge is 0.0439 e. The molecule has 0 spiro atoms. The lowest BCUT2D eigenvalue weighted by Gasteiger charge is -2.12. The van der Waals surface area contributed by atoms with E-state index in [-0.39, 0.29) is 0 Å². The Morgan fingerprint density at radius 1 is 0.688 bits per heavy atom. The van der Waals surface area contributed by atoms with Crippen molar-refractivity contribution in [1.82, 2.24) is 0 Å². The Kier molecular flexibility index (Phi) is 2.00.